The highest BCUT2D eigenvalue weighted by atomic mass is 14.7. The number of aromatic nitrogens is 1. The lowest BCUT2D eigenvalue weighted by Crippen LogP contribution is -1.77. The van der Waals surface area contributed by atoms with E-state index < -0.39 is 0 Å². The first-order valence-electron chi connectivity index (χ1n) is 3.68. The summed E-state index contributed by atoms with van der Waals surface area (Å²) >= 11 is 0. The largest absolute Gasteiger partial charge is 0.362 e. The van der Waals surface area contributed by atoms with Gasteiger partial charge in [0.2, 0.25) is 0 Å². The maximum Gasteiger partial charge on any atom is 0.0200 e. The van der Waals surface area contributed by atoms with Crippen molar-refractivity contribution < 1.29 is 0 Å². The number of nitrogens with one attached hydrogen (secondary N) is 1. The Bertz CT molecular complexity index is 312. The Hall–Kier alpha value is -1.20. The molecule has 1 rings (SSSR count). The molecule has 0 aliphatic carbocycles. The third kappa shape index (κ3) is 1.44. The highest BCUT2D eigenvalue weighted by molar-refractivity contribution is 5.65. The molecular formula is C10H13N. The molecule has 0 spiro atoms. The molecule has 1 N–H and O–H groups in total. The SMILES string of the molecule is C=C=C(C)c1cc(C)[nH]c1C. The van der Waals surface area contributed by atoms with Gasteiger partial charge in [-0.2, -0.15) is 0 Å². The van der Waals surface area contributed by atoms with Gasteiger partial charge in [0.1, 0.15) is 0 Å². The minimum Gasteiger partial charge on any atom is -0.362 e. The van der Waals surface area contributed by atoms with Gasteiger partial charge in [-0.05, 0) is 32.4 Å². The summed E-state index contributed by atoms with van der Waals surface area (Å²) in [5, 5.41) is 0. The Balaban J connectivity index is 3.23. The molecular weight excluding hydrogens is 134 g/mol. The Morgan fingerprint density at radius 2 is 2.18 bits per heavy atom. The lowest BCUT2D eigenvalue weighted by Gasteiger charge is -1.93. The van der Waals surface area contributed by atoms with Gasteiger partial charge in [-0.1, -0.05) is 6.58 Å². The average Bonchev–Trinajstić information content (AvgIpc) is 2.28. The summed E-state index contributed by atoms with van der Waals surface area (Å²) in [7, 11) is 0. The molecule has 0 unspecified atom stereocenters. The van der Waals surface area contributed by atoms with E-state index in [0.717, 1.165) is 5.57 Å². The molecule has 0 aromatic carbocycles. The zero-order valence-corrected chi connectivity index (χ0v) is 7.28. The Labute approximate surface area is 67.5 Å². The molecule has 0 aliphatic rings. The summed E-state index contributed by atoms with van der Waals surface area (Å²) in [6.45, 7) is 9.74. The fourth-order valence-corrected chi connectivity index (χ4v) is 1.21. The van der Waals surface area contributed by atoms with Crippen LogP contribution in [0.2, 0.25) is 0 Å². The van der Waals surface area contributed by atoms with Gasteiger partial charge in [-0.3, -0.25) is 0 Å². The van der Waals surface area contributed by atoms with Crippen LogP contribution < -0.4 is 0 Å². The van der Waals surface area contributed by atoms with E-state index in [2.05, 4.69) is 30.3 Å². The summed E-state index contributed by atoms with van der Waals surface area (Å²) in [6, 6.07) is 2.11. The second kappa shape index (κ2) is 2.81. The molecule has 1 heterocycles. The molecule has 0 bridgehead atoms. The van der Waals surface area contributed by atoms with E-state index in [0.29, 0.717) is 0 Å². The van der Waals surface area contributed by atoms with E-state index in [-0.39, 0.29) is 0 Å². The molecule has 0 saturated heterocycles. The summed E-state index contributed by atoms with van der Waals surface area (Å²) in [5.74, 6) is 0. The standard InChI is InChI=1S/C10H13N/c1-5-7(2)10-6-8(3)11-9(10)4/h6,11H,1H2,2-4H3. The van der Waals surface area contributed by atoms with Crippen molar-refractivity contribution in [3.63, 3.8) is 0 Å². The number of aryl methyl sites for hydroxylation is 2. The van der Waals surface area contributed by atoms with Crippen LogP contribution in [0.15, 0.2) is 18.4 Å². The lowest BCUT2D eigenvalue weighted by molar-refractivity contribution is 1.18. The van der Waals surface area contributed by atoms with Crippen LogP contribution in [0.3, 0.4) is 0 Å². The van der Waals surface area contributed by atoms with Crippen LogP contribution in [0.5, 0.6) is 0 Å². The summed E-state index contributed by atoms with van der Waals surface area (Å²) in [4.78, 5) is 3.23. The highest BCUT2D eigenvalue weighted by Gasteiger charge is 2.01. The van der Waals surface area contributed by atoms with Gasteiger partial charge < -0.3 is 4.98 Å². The molecule has 0 radical (unpaired) electrons. The molecule has 1 aromatic heterocycles. The predicted molar refractivity (Wildman–Crippen MR) is 48.5 cm³/mol. The second-order valence-electron chi connectivity index (χ2n) is 2.79. The minimum atomic E-state index is 1.10. The van der Waals surface area contributed by atoms with Crippen molar-refractivity contribution in [2.45, 2.75) is 20.8 Å². The summed E-state index contributed by atoms with van der Waals surface area (Å²) in [6.07, 6.45) is 0. The van der Waals surface area contributed by atoms with Crippen LogP contribution in [0.25, 0.3) is 5.57 Å². The molecule has 0 fully saturated rings. The van der Waals surface area contributed by atoms with Crippen molar-refractivity contribution in [3.05, 3.63) is 35.3 Å². The van der Waals surface area contributed by atoms with Crippen molar-refractivity contribution in [3.8, 4) is 0 Å². The van der Waals surface area contributed by atoms with Crippen molar-refractivity contribution in [2.75, 3.05) is 0 Å². The third-order valence-electron chi connectivity index (χ3n) is 1.82. The normalized spacial score (nSPS) is 9.36. The van der Waals surface area contributed by atoms with Gasteiger partial charge in [0, 0.05) is 17.0 Å². The van der Waals surface area contributed by atoms with Crippen molar-refractivity contribution in [1.29, 1.82) is 0 Å². The van der Waals surface area contributed by atoms with E-state index in [1.165, 1.54) is 17.0 Å². The number of hydrogen-bond donors (Lipinski definition) is 1. The first-order chi connectivity index (χ1) is 5.15. The molecule has 58 valence electrons. The fraction of sp³-hybridized carbons (Fsp3) is 0.300. The fourth-order valence-electron chi connectivity index (χ4n) is 1.21. The van der Waals surface area contributed by atoms with Gasteiger partial charge in [-0.25, -0.2) is 0 Å². The number of aromatic amines is 1. The molecule has 0 atom stereocenters. The maximum absolute atomic E-state index is 3.61. The maximum atomic E-state index is 3.61. The molecule has 1 aromatic rings. The Morgan fingerprint density at radius 3 is 2.55 bits per heavy atom. The zero-order valence-electron chi connectivity index (χ0n) is 7.28. The van der Waals surface area contributed by atoms with Gasteiger partial charge in [0.05, 0.1) is 0 Å². The zero-order chi connectivity index (χ0) is 8.43. The topological polar surface area (TPSA) is 15.8 Å². The quantitative estimate of drug-likeness (QED) is 0.588. The Morgan fingerprint density at radius 1 is 1.55 bits per heavy atom. The molecule has 0 amide bonds. The van der Waals surface area contributed by atoms with Crippen LogP contribution >= 0.6 is 0 Å². The lowest BCUT2D eigenvalue weighted by atomic mass is 10.1. The average molecular weight is 147 g/mol. The smallest absolute Gasteiger partial charge is 0.0200 e. The van der Waals surface area contributed by atoms with Gasteiger partial charge in [-0.15, -0.1) is 5.73 Å². The van der Waals surface area contributed by atoms with Crippen LogP contribution in [-0.2, 0) is 0 Å². The molecule has 1 nitrogen and oxygen atoms in total. The number of rotatable bonds is 1. The third-order valence-corrected chi connectivity index (χ3v) is 1.82. The van der Waals surface area contributed by atoms with Crippen LogP contribution in [0.1, 0.15) is 23.9 Å². The minimum absolute atomic E-state index is 1.10. The summed E-state index contributed by atoms with van der Waals surface area (Å²) < 4.78 is 0. The van der Waals surface area contributed by atoms with Crippen LogP contribution in [0.4, 0.5) is 0 Å². The molecule has 0 aliphatic heterocycles. The number of H-pyrrole nitrogens is 1. The van der Waals surface area contributed by atoms with E-state index in [1.54, 1.807) is 0 Å². The first-order valence-corrected chi connectivity index (χ1v) is 3.68. The number of allylic oxidation sites excluding steroid dienone is 1. The molecule has 1 heteroatoms. The van der Waals surface area contributed by atoms with E-state index in [1.807, 2.05) is 13.8 Å². The van der Waals surface area contributed by atoms with E-state index in [4.69, 9.17) is 0 Å². The van der Waals surface area contributed by atoms with Crippen molar-refractivity contribution in [1.82, 2.24) is 4.98 Å². The van der Waals surface area contributed by atoms with Gasteiger partial charge in [0.15, 0.2) is 0 Å². The summed E-state index contributed by atoms with van der Waals surface area (Å²) in [5.41, 5.74) is 7.58. The van der Waals surface area contributed by atoms with E-state index >= 15 is 0 Å². The van der Waals surface area contributed by atoms with Gasteiger partial charge in [0.25, 0.3) is 0 Å². The van der Waals surface area contributed by atoms with E-state index in [9.17, 15) is 0 Å². The van der Waals surface area contributed by atoms with Crippen molar-refractivity contribution in [2.24, 2.45) is 0 Å². The number of hydrogen-bond acceptors (Lipinski definition) is 0. The first kappa shape index (κ1) is 7.90. The Kier molecular flexibility index (Phi) is 2.02. The molecule has 0 saturated carbocycles. The second-order valence-corrected chi connectivity index (χ2v) is 2.79. The highest BCUT2D eigenvalue weighted by Crippen LogP contribution is 2.17. The van der Waals surface area contributed by atoms with Crippen LogP contribution in [0, 0.1) is 13.8 Å². The van der Waals surface area contributed by atoms with Crippen LogP contribution in [-0.4, -0.2) is 4.98 Å². The van der Waals surface area contributed by atoms with Gasteiger partial charge >= 0.3 is 0 Å². The van der Waals surface area contributed by atoms with Crippen molar-refractivity contribution >= 4 is 5.57 Å². The molecule has 11 heavy (non-hydrogen) atoms. The predicted octanol–water partition coefficient (Wildman–Crippen LogP) is 2.82. The monoisotopic (exact) mass is 147 g/mol.